The van der Waals surface area contributed by atoms with Crippen LogP contribution in [0, 0.1) is 6.92 Å². The van der Waals surface area contributed by atoms with Gasteiger partial charge in [-0.3, -0.25) is 10.1 Å². The van der Waals surface area contributed by atoms with Crippen molar-refractivity contribution in [1.82, 2.24) is 10.3 Å². The highest BCUT2D eigenvalue weighted by Gasteiger charge is 2.33. The molecule has 0 aromatic carbocycles. The SMILES string of the molecule is Cc1cnc(NC(=O)COC2(C)CNC2)s1. The number of anilines is 1. The molecule has 1 aliphatic rings. The number of ether oxygens (including phenoxy) is 1. The molecule has 6 heteroatoms. The summed E-state index contributed by atoms with van der Waals surface area (Å²) in [6, 6.07) is 0. The summed E-state index contributed by atoms with van der Waals surface area (Å²) in [4.78, 5) is 16.6. The second-order valence-corrected chi connectivity index (χ2v) is 5.40. The normalized spacial score (nSPS) is 17.9. The molecule has 0 atom stereocenters. The van der Waals surface area contributed by atoms with E-state index in [4.69, 9.17) is 4.74 Å². The highest BCUT2D eigenvalue weighted by Crippen LogP contribution is 2.17. The quantitative estimate of drug-likeness (QED) is 0.817. The van der Waals surface area contributed by atoms with Crippen molar-refractivity contribution in [2.24, 2.45) is 0 Å². The van der Waals surface area contributed by atoms with Crippen LogP contribution in [0.4, 0.5) is 5.13 Å². The van der Waals surface area contributed by atoms with Gasteiger partial charge >= 0.3 is 0 Å². The average Bonchev–Trinajstić information content (AvgIpc) is 2.58. The maximum atomic E-state index is 11.5. The van der Waals surface area contributed by atoms with Gasteiger partial charge in [-0.25, -0.2) is 4.98 Å². The van der Waals surface area contributed by atoms with Gasteiger partial charge < -0.3 is 10.1 Å². The zero-order valence-corrected chi connectivity index (χ0v) is 10.2. The Bertz CT molecular complexity index is 387. The van der Waals surface area contributed by atoms with Crippen LogP contribution in [-0.4, -0.2) is 36.2 Å². The number of thiazole rings is 1. The zero-order valence-electron chi connectivity index (χ0n) is 9.37. The minimum atomic E-state index is -0.184. The Morgan fingerprint density at radius 2 is 2.50 bits per heavy atom. The van der Waals surface area contributed by atoms with Gasteiger partial charge in [-0.2, -0.15) is 0 Å². The summed E-state index contributed by atoms with van der Waals surface area (Å²) in [6.45, 7) is 5.62. The third-order valence-electron chi connectivity index (χ3n) is 2.42. The predicted molar refractivity (Wildman–Crippen MR) is 62.7 cm³/mol. The van der Waals surface area contributed by atoms with E-state index in [2.05, 4.69) is 15.6 Å². The first-order valence-electron chi connectivity index (χ1n) is 5.14. The fourth-order valence-corrected chi connectivity index (χ4v) is 2.07. The number of hydrogen-bond donors (Lipinski definition) is 2. The van der Waals surface area contributed by atoms with Gasteiger partial charge in [0.15, 0.2) is 5.13 Å². The van der Waals surface area contributed by atoms with Crippen molar-refractivity contribution in [2.45, 2.75) is 19.4 Å². The van der Waals surface area contributed by atoms with Gasteiger partial charge in [0.2, 0.25) is 0 Å². The molecule has 2 rings (SSSR count). The summed E-state index contributed by atoms with van der Waals surface area (Å²) >= 11 is 1.46. The highest BCUT2D eigenvalue weighted by atomic mass is 32.1. The third-order valence-corrected chi connectivity index (χ3v) is 3.25. The van der Waals surface area contributed by atoms with Gasteiger partial charge in [0, 0.05) is 24.2 Å². The standard InChI is InChI=1S/C10H15N3O2S/c1-7-3-12-9(16-7)13-8(14)4-15-10(2)5-11-6-10/h3,11H,4-6H2,1-2H3,(H,12,13,14). The largest absolute Gasteiger partial charge is 0.363 e. The molecule has 0 spiro atoms. The number of hydrogen-bond acceptors (Lipinski definition) is 5. The van der Waals surface area contributed by atoms with Gasteiger partial charge in [0.25, 0.3) is 5.91 Å². The van der Waals surface area contributed by atoms with E-state index in [1.54, 1.807) is 6.20 Å². The van der Waals surface area contributed by atoms with E-state index < -0.39 is 0 Å². The van der Waals surface area contributed by atoms with Gasteiger partial charge in [0.1, 0.15) is 6.61 Å². The number of nitrogens with one attached hydrogen (secondary N) is 2. The fourth-order valence-electron chi connectivity index (χ4n) is 1.39. The first-order chi connectivity index (χ1) is 7.57. The number of carbonyl (C=O) groups excluding carboxylic acids is 1. The summed E-state index contributed by atoms with van der Waals surface area (Å²) in [5, 5.41) is 6.45. The number of nitrogens with zero attached hydrogens (tertiary/aromatic N) is 1. The van der Waals surface area contributed by atoms with Gasteiger partial charge in [-0.1, -0.05) is 0 Å². The lowest BCUT2D eigenvalue weighted by molar-refractivity contribution is -0.130. The van der Waals surface area contributed by atoms with Crippen LogP contribution in [0.25, 0.3) is 0 Å². The van der Waals surface area contributed by atoms with Crippen molar-refractivity contribution in [1.29, 1.82) is 0 Å². The molecule has 0 aliphatic carbocycles. The van der Waals surface area contributed by atoms with Crippen LogP contribution in [0.15, 0.2) is 6.20 Å². The van der Waals surface area contributed by atoms with Gasteiger partial charge in [0.05, 0.1) is 5.60 Å². The Kier molecular flexibility index (Phi) is 3.22. The second-order valence-electron chi connectivity index (χ2n) is 4.17. The Morgan fingerprint density at radius 1 is 1.75 bits per heavy atom. The van der Waals surface area contributed by atoms with Crippen molar-refractivity contribution in [3.05, 3.63) is 11.1 Å². The number of carbonyl (C=O) groups is 1. The lowest BCUT2D eigenvalue weighted by atomic mass is 10.0. The maximum Gasteiger partial charge on any atom is 0.252 e. The molecular weight excluding hydrogens is 226 g/mol. The molecule has 16 heavy (non-hydrogen) atoms. The van der Waals surface area contributed by atoms with Crippen molar-refractivity contribution in [3.8, 4) is 0 Å². The first kappa shape index (κ1) is 11.5. The summed E-state index contributed by atoms with van der Waals surface area (Å²) in [5.74, 6) is -0.150. The molecule has 2 N–H and O–H groups in total. The predicted octanol–water partition coefficient (Wildman–Crippen LogP) is 0.769. The summed E-state index contributed by atoms with van der Waals surface area (Å²) < 4.78 is 5.51. The lowest BCUT2D eigenvalue weighted by Crippen LogP contribution is -2.59. The Morgan fingerprint density at radius 3 is 3.00 bits per heavy atom. The number of amides is 1. The number of aromatic nitrogens is 1. The lowest BCUT2D eigenvalue weighted by Gasteiger charge is -2.38. The molecule has 0 saturated carbocycles. The molecular formula is C10H15N3O2S. The molecule has 1 saturated heterocycles. The zero-order chi connectivity index (χ0) is 11.6. The summed E-state index contributed by atoms with van der Waals surface area (Å²) in [7, 11) is 0. The van der Waals surface area contributed by atoms with E-state index in [-0.39, 0.29) is 18.1 Å². The van der Waals surface area contributed by atoms with Crippen LogP contribution >= 0.6 is 11.3 Å². The molecule has 0 unspecified atom stereocenters. The molecule has 0 bridgehead atoms. The van der Waals surface area contributed by atoms with E-state index in [1.165, 1.54) is 11.3 Å². The molecule has 1 fully saturated rings. The van der Waals surface area contributed by atoms with E-state index in [1.807, 2.05) is 13.8 Å². The molecule has 1 aromatic heterocycles. The average molecular weight is 241 g/mol. The maximum absolute atomic E-state index is 11.5. The van der Waals surface area contributed by atoms with E-state index in [9.17, 15) is 4.79 Å². The van der Waals surface area contributed by atoms with E-state index in [0.29, 0.717) is 5.13 Å². The Labute approximate surface area is 98.2 Å². The molecule has 1 amide bonds. The topological polar surface area (TPSA) is 63.2 Å². The van der Waals surface area contributed by atoms with Crippen LogP contribution in [0.1, 0.15) is 11.8 Å². The van der Waals surface area contributed by atoms with Crippen LogP contribution in [0.5, 0.6) is 0 Å². The monoisotopic (exact) mass is 241 g/mol. The molecule has 88 valence electrons. The van der Waals surface area contributed by atoms with Gasteiger partial charge in [-0.15, -0.1) is 11.3 Å². The highest BCUT2D eigenvalue weighted by molar-refractivity contribution is 7.15. The minimum Gasteiger partial charge on any atom is -0.363 e. The van der Waals surface area contributed by atoms with E-state index in [0.717, 1.165) is 18.0 Å². The Balaban J connectivity index is 1.76. The fraction of sp³-hybridized carbons (Fsp3) is 0.600. The van der Waals surface area contributed by atoms with Crippen LogP contribution in [0.2, 0.25) is 0 Å². The number of aryl methyl sites for hydroxylation is 1. The first-order valence-corrected chi connectivity index (χ1v) is 5.96. The molecule has 0 radical (unpaired) electrons. The minimum absolute atomic E-state index is 0.0802. The molecule has 1 aromatic rings. The van der Waals surface area contributed by atoms with Crippen molar-refractivity contribution in [2.75, 3.05) is 25.0 Å². The van der Waals surface area contributed by atoms with Crippen LogP contribution < -0.4 is 10.6 Å². The van der Waals surface area contributed by atoms with Crippen molar-refractivity contribution >= 4 is 22.4 Å². The van der Waals surface area contributed by atoms with Gasteiger partial charge in [-0.05, 0) is 13.8 Å². The molecule has 1 aliphatic heterocycles. The second kappa shape index (κ2) is 4.48. The smallest absolute Gasteiger partial charge is 0.252 e. The summed E-state index contributed by atoms with van der Waals surface area (Å²) in [5.41, 5.74) is -0.184. The van der Waals surface area contributed by atoms with E-state index >= 15 is 0 Å². The van der Waals surface area contributed by atoms with Crippen molar-refractivity contribution in [3.63, 3.8) is 0 Å². The summed E-state index contributed by atoms with van der Waals surface area (Å²) in [6.07, 6.45) is 1.73. The third kappa shape index (κ3) is 2.78. The van der Waals surface area contributed by atoms with Crippen LogP contribution in [-0.2, 0) is 9.53 Å². The number of rotatable bonds is 4. The van der Waals surface area contributed by atoms with Crippen molar-refractivity contribution < 1.29 is 9.53 Å². The Hall–Kier alpha value is -0.980. The van der Waals surface area contributed by atoms with Crippen LogP contribution in [0.3, 0.4) is 0 Å². The molecule has 5 nitrogen and oxygen atoms in total. The molecule has 2 heterocycles.